The Morgan fingerprint density at radius 1 is 0.927 bits per heavy atom. The van der Waals surface area contributed by atoms with Crippen molar-refractivity contribution in [3.8, 4) is 5.75 Å². The summed E-state index contributed by atoms with van der Waals surface area (Å²) in [5.74, 6) is 0.694. The highest BCUT2D eigenvalue weighted by atomic mass is 16.7. The average molecular weight is 567 g/mol. The third-order valence-corrected chi connectivity index (χ3v) is 12.4. The van der Waals surface area contributed by atoms with E-state index in [0.717, 1.165) is 31.6 Å². The van der Waals surface area contributed by atoms with Crippen molar-refractivity contribution in [1.82, 2.24) is 0 Å². The van der Waals surface area contributed by atoms with E-state index in [2.05, 4.69) is 34.6 Å². The molecular weight excluding hydrogens is 512 g/mol. The summed E-state index contributed by atoms with van der Waals surface area (Å²) >= 11 is 0. The standard InChI is InChI=1S/C36H54O5/c1-23(2)12-11-13-24(3)32-35(6)21-19-29-27(18-17-26-14-9-10-20-34(26,29)5)30(35)22-36(32,40-25(4)37)41-33(39)28-15-7-8-16-31(28)38/h7-8,15-16,23-24,26-27,29-30,32,38H,9-14,17-22H2,1-6H3/t24-,26?,27-,29+,30+,32-,34+,35+,36?/m1/s1. The summed E-state index contributed by atoms with van der Waals surface area (Å²) in [7, 11) is 0. The Morgan fingerprint density at radius 3 is 2.39 bits per heavy atom. The van der Waals surface area contributed by atoms with Crippen molar-refractivity contribution in [2.75, 3.05) is 0 Å². The quantitative estimate of drug-likeness (QED) is 0.251. The lowest BCUT2D eigenvalue weighted by molar-refractivity contribution is -0.236. The van der Waals surface area contributed by atoms with Crippen LogP contribution in [0.5, 0.6) is 5.75 Å². The maximum absolute atomic E-state index is 13.7. The highest BCUT2D eigenvalue weighted by molar-refractivity contribution is 5.92. The number of benzene rings is 1. The summed E-state index contributed by atoms with van der Waals surface area (Å²) in [4.78, 5) is 26.6. The zero-order valence-corrected chi connectivity index (χ0v) is 26.4. The SMILES string of the molecule is CC(=O)OC1(OC(=O)c2ccccc2O)C[C@H]2[C@@H]3CCC4CCCC[C@]4(C)[C@H]3CC[C@]2(C)[C@H]1[C@H](C)CCCC(C)C. The molecule has 0 aliphatic heterocycles. The minimum Gasteiger partial charge on any atom is -0.507 e. The first-order chi connectivity index (χ1) is 19.4. The van der Waals surface area contributed by atoms with Crippen molar-refractivity contribution >= 4 is 11.9 Å². The molecule has 2 unspecified atom stereocenters. The molecule has 1 aromatic rings. The monoisotopic (exact) mass is 566 g/mol. The van der Waals surface area contributed by atoms with Gasteiger partial charge >= 0.3 is 11.9 Å². The van der Waals surface area contributed by atoms with Crippen molar-refractivity contribution in [3.63, 3.8) is 0 Å². The zero-order valence-electron chi connectivity index (χ0n) is 26.4. The molecule has 41 heavy (non-hydrogen) atoms. The molecule has 0 spiro atoms. The van der Waals surface area contributed by atoms with E-state index < -0.39 is 17.7 Å². The normalized spacial score (nSPS) is 38.9. The van der Waals surface area contributed by atoms with E-state index in [-0.39, 0.29) is 28.6 Å². The third kappa shape index (κ3) is 5.44. The number of phenolic OH excluding ortho intramolecular Hbond substituents is 1. The Hall–Kier alpha value is -2.04. The summed E-state index contributed by atoms with van der Waals surface area (Å²) in [6.07, 6.45) is 14.0. The first-order valence-corrected chi connectivity index (χ1v) is 16.6. The van der Waals surface area contributed by atoms with Crippen molar-refractivity contribution < 1.29 is 24.2 Å². The van der Waals surface area contributed by atoms with Crippen LogP contribution in [0.1, 0.15) is 129 Å². The molecule has 0 heterocycles. The van der Waals surface area contributed by atoms with E-state index in [4.69, 9.17) is 9.47 Å². The van der Waals surface area contributed by atoms with Crippen LogP contribution in [0.15, 0.2) is 24.3 Å². The van der Waals surface area contributed by atoms with Gasteiger partial charge in [0.15, 0.2) is 0 Å². The van der Waals surface area contributed by atoms with Crippen molar-refractivity contribution in [2.24, 2.45) is 52.3 Å². The minimum absolute atomic E-state index is 0.0925. The molecule has 5 heteroatoms. The van der Waals surface area contributed by atoms with Gasteiger partial charge in [0.25, 0.3) is 5.79 Å². The lowest BCUT2D eigenvalue weighted by Gasteiger charge is -2.60. The highest BCUT2D eigenvalue weighted by Gasteiger charge is 2.70. The zero-order chi connectivity index (χ0) is 29.6. The molecule has 1 N–H and O–H groups in total. The number of carbonyl (C=O) groups excluding carboxylic acids is 2. The summed E-state index contributed by atoms with van der Waals surface area (Å²) in [6, 6.07) is 6.52. The topological polar surface area (TPSA) is 72.8 Å². The molecule has 228 valence electrons. The van der Waals surface area contributed by atoms with Crippen LogP contribution in [0.4, 0.5) is 0 Å². The van der Waals surface area contributed by atoms with Gasteiger partial charge in [-0.15, -0.1) is 0 Å². The number of hydrogen-bond donors (Lipinski definition) is 1. The molecular formula is C36H54O5. The Kier molecular flexibility index (Phi) is 8.58. The van der Waals surface area contributed by atoms with E-state index in [1.54, 1.807) is 18.2 Å². The van der Waals surface area contributed by atoms with Crippen LogP contribution in [-0.2, 0) is 14.3 Å². The van der Waals surface area contributed by atoms with Crippen molar-refractivity contribution in [1.29, 1.82) is 0 Å². The molecule has 0 amide bonds. The number of hydrogen-bond acceptors (Lipinski definition) is 5. The molecule has 0 saturated heterocycles. The molecule has 9 atom stereocenters. The van der Waals surface area contributed by atoms with Crippen LogP contribution in [0, 0.1) is 52.3 Å². The molecule has 0 radical (unpaired) electrons. The first kappa shape index (κ1) is 30.4. The Bertz CT molecular complexity index is 1110. The predicted molar refractivity (Wildman–Crippen MR) is 161 cm³/mol. The third-order valence-electron chi connectivity index (χ3n) is 12.4. The molecule has 5 rings (SSSR count). The number of carbonyl (C=O) groups is 2. The van der Waals surface area contributed by atoms with Crippen LogP contribution in [0.25, 0.3) is 0 Å². The fraction of sp³-hybridized carbons (Fsp3) is 0.778. The van der Waals surface area contributed by atoms with Gasteiger partial charge in [-0.25, -0.2) is 4.79 Å². The number of rotatable bonds is 8. The fourth-order valence-corrected chi connectivity index (χ4v) is 10.8. The fourth-order valence-electron chi connectivity index (χ4n) is 10.8. The molecule has 5 nitrogen and oxygen atoms in total. The van der Waals surface area contributed by atoms with Gasteiger partial charge in [-0.1, -0.05) is 78.9 Å². The summed E-state index contributed by atoms with van der Waals surface area (Å²) in [6.45, 7) is 13.3. The van der Waals surface area contributed by atoms with Gasteiger partial charge in [0.05, 0.1) is 0 Å². The van der Waals surface area contributed by atoms with Gasteiger partial charge in [0, 0.05) is 19.3 Å². The number of ether oxygens (including phenoxy) is 2. The molecule has 0 bridgehead atoms. The van der Waals surface area contributed by atoms with E-state index in [1.165, 1.54) is 57.9 Å². The van der Waals surface area contributed by atoms with E-state index in [1.807, 2.05) is 0 Å². The van der Waals surface area contributed by atoms with Crippen molar-refractivity contribution in [2.45, 2.75) is 124 Å². The molecule has 4 aliphatic rings. The van der Waals surface area contributed by atoms with Gasteiger partial charge in [-0.05, 0) is 97.0 Å². The number of esters is 2. The van der Waals surface area contributed by atoms with Crippen LogP contribution in [0.2, 0.25) is 0 Å². The Morgan fingerprint density at radius 2 is 1.68 bits per heavy atom. The second kappa shape index (κ2) is 11.6. The smallest absolute Gasteiger partial charge is 0.345 e. The molecule has 4 fully saturated rings. The number of phenols is 1. The number of aromatic hydroxyl groups is 1. The summed E-state index contributed by atoms with van der Waals surface area (Å²) in [5.41, 5.74) is 0.420. The molecule has 4 saturated carbocycles. The Labute approximate surface area is 248 Å². The average Bonchev–Trinajstić information content (AvgIpc) is 3.15. The van der Waals surface area contributed by atoms with E-state index in [0.29, 0.717) is 35.5 Å². The van der Waals surface area contributed by atoms with Gasteiger partial charge in [0.2, 0.25) is 0 Å². The second-order valence-corrected chi connectivity index (χ2v) is 15.2. The van der Waals surface area contributed by atoms with Crippen LogP contribution in [-0.4, -0.2) is 22.8 Å². The van der Waals surface area contributed by atoms with Crippen LogP contribution >= 0.6 is 0 Å². The first-order valence-electron chi connectivity index (χ1n) is 16.6. The largest absolute Gasteiger partial charge is 0.507 e. The number of para-hydroxylation sites is 1. The van der Waals surface area contributed by atoms with E-state index >= 15 is 0 Å². The Balaban J connectivity index is 1.54. The van der Waals surface area contributed by atoms with Gasteiger partial charge in [-0.3, -0.25) is 4.79 Å². The molecule has 4 aliphatic carbocycles. The lowest BCUT2D eigenvalue weighted by Crippen LogP contribution is -2.54. The van der Waals surface area contributed by atoms with Crippen LogP contribution in [0.3, 0.4) is 0 Å². The maximum atomic E-state index is 13.7. The van der Waals surface area contributed by atoms with Crippen LogP contribution < -0.4 is 0 Å². The summed E-state index contributed by atoms with van der Waals surface area (Å²) < 4.78 is 12.8. The highest BCUT2D eigenvalue weighted by Crippen LogP contribution is 2.71. The van der Waals surface area contributed by atoms with E-state index in [9.17, 15) is 14.7 Å². The predicted octanol–water partition coefficient (Wildman–Crippen LogP) is 8.93. The van der Waals surface area contributed by atoms with Gasteiger partial charge in [-0.2, -0.15) is 0 Å². The summed E-state index contributed by atoms with van der Waals surface area (Å²) in [5, 5.41) is 10.5. The van der Waals surface area contributed by atoms with Gasteiger partial charge < -0.3 is 14.6 Å². The van der Waals surface area contributed by atoms with Crippen molar-refractivity contribution in [3.05, 3.63) is 29.8 Å². The second-order valence-electron chi connectivity index (χ2n) is 15.2. The maximum Gasteiger partial charge on any atom is 0.345 e. The number of fused-ring (bicyclic) bond motifs is 5. The lowest BCUT2D eigenvalue weighted by atomic mass is 9.44. The molecule has 1 aromatic carbocycles. The van der Waals surface area contributed by atoms with Gasteiger partial charge in [0.1, 0.15) is 11.3 Å². The molecule has 0 aromatic heterocycles. The minimum atomic E-state index is -1.33.